The lowest BCUT2D eigenvalue weighted by molar-refractivity contribution is -0.123. The Morgan fingerprint density at radius 1 is 1.09 bits per heavy atom. The van der Waals surface area contributed by atoms with Crippen LogP contribution in [0.5, 0.6) is 5.75 Å². The average Bonchev–Trinajstić information content (AvgIpc) is 2.79. The van der Waals surface area contributed by atoms with E-state index in [1.54, 1.807) is 24.3 Å². The van der Waals surface area contributed by atoms with Crippen LogP contribution in [-0.4, -0.2) is 21.9 Å². The van der Waals surface area contributed by atoms with Crippen molar-refractivity contribution in [3.8, 4) is 5.75 Å². The summed E-state index contributed by atoms with van der Waals surface area (Å²) in [5.74, 6) is -0.884. The van der Waals surface area contributed by atoms with E-state index in [9.17, 15) is 19.1 Å². The van der Waals surface area contributed by atoms with Crippen LogP contribution in [0.3, 0.4) is 0 Å². The van der Waals surface area contributed by atoms with Gasteiger partial charge in [-0.1, -0.05) is 30.3 Å². The number of phenolic OH excluding ortho intramolecular Hbond substituents is 1. The largest absolute Gasteiger partial charge is 0.508 e. The van der Waals surface area contributed by atoms with Gasteiger partial charge in [0.15, 0.2) is 0 Å². The second-order valence-corrected chi connectivity index (χ2v) is 5.06. The number of halogens is 1. The minimum atomic E-state index is -0.594. The average molecular weight is 312 g/mol. The lowest BCUT2D eigenvalue weighted by Crippen LogP contribution is -2.30. The molecule has 0 spiro atoms. The van der Waals surface area contributed by atoms with Crippen LogP contribution in [0.2, 0.25) is 0 Å². The number of benzene rings is 2. The topological polar surface area (TPSA) is 69.6 Å². The number of imide groups is 1. The van der Waals surface area contributed by atoms with Gasteiger partial charge in [0.25, 0.3) is 5.91 Å². The molecule has 0 aromatic heterocycles. The summed E-state index contributed by atoms with van der Waals surface area (Å²) in [6.45, 7) is -0.135. The van der Waals surface area contributed by atoms with E-state index in [0.717, 1.165) is 4.90 Å². The van der Waals surface area contributed by atoms with E-state index < -0.39 is 17.8 Å². The third kappa shape index (κ3) is 3.06. The molecule has 3 rings (SSSR count). The van der Waals surface area contributed by atoms with Crippen molar-refractivity contribution >= 4 is 18.0 Å². The molecule has 6 heteroatoms. The third-order valence-corrected chi connectivity index (χ3v) is 3.45. The zero-order valence-electron chi connectivity index (χ0n) is 12.0. The molecule has 0 radical (unpaired) electrons. The number of carbonyl (C=O) groups excluding carboxylic acids is 2. The fourth-order valence-electron chi connectivity index (χ4n) is 2.25. The number of amides is 3. The minimum Gasteiger partial charge on any atom is -0.508 e. The highest BCUT2D eigenvalue weighted by atomic mass is 19.1. The monoisotopic (exact) mass is 312 g/mol. The molecule has 23 heavy (non-hydrogen) atoms. The summed E-state index contributed by atoms with van der Waals surface area (Å²) in [5.41, 5.74) is 1.03. The molecule has 116 valence electrons. The maximum absolute atomic E-state index is 13.7. The van der Waals surface area contributed by atoms with E-state index in [1.165, 1.54) is 30.3 Å². The maximum atomic E-state index is 13.7. The zero-order valence-corrected chi connectivity index (χ0v) is 12.0. The first-order valence-electron chi connectivity index (χ1n) is 6.91. The first-order valence-corrected chi connectivity index (χ1v) is 6.91. The highest BCUT2D eigenvalue weighted by Crippen LogP contribution is 2.19. The maximum Gasteiger partial charge on any atom is 0.329 e. The zero-order chi connectivity index (χ0) is 16.4. The lowest BCUT2D eigenvalue weighted by Gasteiger charge is -2.12. The van der Waals surface area contributed by atoms with Gasteiger partial charge in [0.05, 0.1) is 6.54 Å². The Labute approximate surface area is 131 Å². The summed E-state index contributed by atoms with van der Waals surface area (Å²) < 4.78 is 13.7. The summed E-state index contributed by atoms with van der Waals surface area (Å²) >= 11 is 0. The second kappa shape index (κ2) is 5.92. The highest BCUT2D eigenvalue weighted by Gasteiger charge is 2.33. The molecular weight excluding hydrogens is 299 g/mol. The van der Waals surface area contributed by atoms with Crippen molar-refractivity contribution in [2.45, 2.75) is 6.54 Å². The lowest BCUT2D eigenvalue weighted by atomic mass is 10.1. The van der Waals surface area contributed by atoms with Crippen LogP contribution in [0.1, 0.15) is 11.1 Å². The van der Waals surface area contributed by atoms with Gasteiger partial charge in [-0.2, -0.15) is 0 Å². The van der Waals surface area contributed by atoms with Crippen molar-refractivity contribution < 1.29 is 19.1 Å². The SMILES string of the molecule is O=C1N/C(=C/c2ccc(O)cc2)C(=O)N1Cc1ccccc1F. The van der Waals surface area contributed by atoms with Crippen LogP contribution >= 0.6 is 0 Å². The first-order chi connectivity index (χ1) is 11.0. The predicted molar refractivity (Wildman–Crippen MR) is 81.6 cm³/mol. The molecule has 2 aromatic rings. The van der Waals surface area contributed by atoms with E-state index in [1.807, 2.05) is 0 Å². The summed E-state index contributed by atoms with van der Waals surface area (Å²) in [5, 5.41) is 11.7. The van der Waals surface area contributed by atoms with E-state index in [2.05, 4.69) is 5.32 Å². The molecule has 0 saturated carbocycles. The predicted octanol–water partition coefficient (Wildman–Crippen LogP) is 2.62. The van der Waals surface area contributed by atoms with E-state index >= 15 is 0 Å². The Kier molecular flexibility index (Phi) is 3.80. The molecular formula is C17H13FN2O3. The van der Waals surface area contributed by atoms with Crippen LogP contribution in [0.4, 0.5) is 9.18 Å². The van der Waals surface area contributed by atoms with Gasteiger partial charge in [0, 0.05) is 5.56 Å². The molecule has 0 aliphatic carbocycles. The van der Waals surface area contributed by atoms with Gasteiger partial charge in [0.1, 0.15) is 17.3 Å². The normalized spacial score (nSPS) is 16.0. The molecule has 1 heterocycles. The summed E-state index contributed by atoms with van der Waals surface area (Å²) in [4.78, 5) is 25.2. The highest BCUT2D eigenvalue weighted by molar-refractivity contribution is 6.13. The summed E-state index contributed by atoms with van der Waals surface area (Å²) in [6.07, 6.45) is 1.50. The molecule has 2 aromatic carbocycles. The molecule has 0 unspecified atom stereocenters. The van der Waals surface area contributed by atoms with Gasteiger partial charge in [-0.25, -0.2) is 9.18 Å². The van der Waals surface area contributed by atoms with E-state index in [4.69, 9.17) is 0 Å². The van der Waals surface area contributed by atoms with Crippen LogP contribution in [-0.2, 0) is 11.3 Å². The number of nitrogens with one attached hydrogen (secondary N) is 1. The van der Waals surface area contributed by atoms with E-state index in [-0.39, 0.29) is 23.6 Å². The van der Waals surface area contributed by atoms with Gasteiger partial charge in [0.2, 0.25) is 0 Å². The number of hydrogen-bond acceptors (Lipinski definition) is 3. The molecule has 0 atom stereocenters. The quantitative estimate of drug-likeness (QED) is 0.676. The molecule has 5 nitrogen and oxygen atoms in total. The van der Waals surface area contributed by atoms with Crippen LogP contribution < -0.4 is 5.32 Å². The fraction of sp³-hybridized carbons (Fsp3) is 0.0588. The van der Waals surface area contributed by atoms with Crippen molar-refractivity contribution in [1.82, 2.24) is 10.2 Å². The van der Waals surface area contributed by atoms with Gasteiger partial charge < -0.3 is 10.4 Å². The van der Waals surface area contributed by atoms with Crippen molar-refractivity contribution in [2.75, 3.05) is 0 Å². The number of hydrogen-bond donors (Lipinski definition) is 2. The van der Waals surface area contributed by atoms with Gasteiger partial charge >= 0.3 is 6.03 Å². The fourth-order valence-corrected chi connectivity index (χ4v) is 2.25. The number of nitrogens with zero attached hydrogens (tertiary/aromatic N) is 1. The third-order valence-electron chi connectivity index (χ3n) is 3.45. The Morgan fingerprint density at radius 3 is 2.48 bits per heavy atom. The molecule has 1 aliphatic heterocycles. The smallest absolute Gasteiger partial charge is 0.329 e. The van der Waals surface area contributed by atoms with E-state index in [0.29, 0.717) is 5.56 Å². The van der Waals surface area contributed by atoms with Crippen LogP contribution in [0, 0.1) is 5.82 Å². The summed E-state index contributed by atoms with van der Waals surface area (Å²) in [6, 6.07) is 11.6. The van der Waals surface area contributed by atoms with Gasteiger partial charge in [-0.15, -0.1) is 0 Å². The summed E-state index contributed by atoms with van der Waals surface area (Å²) in [7, 11) is 0. The number of phenols is 1. The Morgan fingerprint density at radius 2 is 1.78 bits per heavy atom. The molecule has 1 aliphatic rings. The van der Waals surface area contributed by atoms with Crippen molar-refractivity contribution in [3.05, 3.63) is 71.2 Å². The van der Waals surface area contributed by atoms with Gasteiger partial charge in [-0.05, 0) is 29.8 Å². The van der Waals surface area contributed by atoms with Crippen molar-refractivity contribution in [3.63, 3.8) is 0 Å². The number of aromatic hydroxyl groups is 1. The first kappa shape index (κ1) is 14.8. The standard InChI is InChI=1S/C17H13FN2O3/c18-14-4-2-1-3-12(14)10-20-16(22)15(19-17(20)23)9-11-5-7-13(21)8-6-11/h1-9,21H,10H2,(H,19,23)/b15-9+. The number of rotatable bonds is 3. The van der Waals surface area contributed by atoms with Crippen molar-refractivity contribution in [1.29, 1.82) is 0 Å². The Balaban J connectivity index is 1.82. The molecule has 1 fully saturated rings. The Hall–Kier alpha value is -3.15. The number of carbonyl (C=O) groups is 2. The molecule has 1 saturated heterocycles. The second-order valence-electron chi connectivity index (χ2n) is 5.06. The van der Waals surface area contributed by atoms with Crippen LogP contribution in [0.15, 0.2) is 54.2 Å². The number of urea groups is 1. The molecule has 3 amide bonds. The molecule has 0 bridgehead atoms. The van der Waals surface area contributed by atoms with Crippen molar-refractivity contribution in [2.24, 2.45) is 0 Å². The molecule has 2 N–H and O–H groups in total. The minimum absolute atomic E-state index is 0.107. The van der Waals surface area contributed by atoms with Gasteiger partial charge in [-0.3, -0.25) is 9.69 Å². The Bertz CT molecular complexity index is 800. The van der Waals surface area contributed by atoms with Crippen LogP contribution in [0.25, 0.3) is 6.08 Å².